The minimum Gasteiger partial charge on any atom is -0.477 e. The molecule has 8 nitrogen and oxygen atoms in total. The first-order chi connectivity index (χ1) is 17.3. The van der Waals surface area contributed by atoms with Gasteiger partial charge in [0.15, 0.2) is 6.10 Å². The summed E-state index contributed by atoms with van der Waals surface area (Å²) in [6.07, 6.45) is 0.835. The third-order valence-electron chi connectivity index (χ3n) is 5.91. The third kappa shape index (κ3) is 6.50. The third-order valence-corrected chi connectivity index (χ3v) is 7.10. The summed E-state index contributed by atoms with van der Waals surface area (Å²) in [5.41, 5.74) is 2.38. The molecule has 9 heteroatoms. The molecule has 188 valence electrons. The van der Waals surface area contributed by atoms with Gasteiger partial charge in [-0.25, -0.2) is 8.42 Å². The van der Waals surface area contributed by atoms with E-state index in [4.69, 9.17) is 4.74 Å². The minimum atomic E-state index is -3.67. The van der Waals surface area contributed by atoms with E-state index in [-0.39, 0.29) is 25.5 Å². The molecule has 0 aromatic heterocycles. The highest BCUT2D eigenvalue weighted by atomic mass is 32.2. The van der Waals surface area contributed by atoms with Crippen LogP contribution in [0, 0.1) is 0 Å². The maximum atomic E-state index is 13.4. The van der Waals surface area contributed by atoms with Gasteiger partial charge in [-0.2, -0.15) is 4.31 Å². The fourth-order valence-corrected chi connectivity index (χ4v) is 4.74. The monoisotopic (exact) mass is 507 g/mol. The molecule has 3 aromatic carbocycles. The van der Waals surface area contributed by atoms with E-state index in [2.05, 4.69) is 5.32 Å². The molecule has 0 spiro atoms. The summed E-state index contributed by atoms with van der Waals surface area (Å²) in [5.74, 6) is -0.369. The van der Waals surface area contributed by atoms with Crippen molar-refractivity contribution in [3.8, 4) is 5.75 Å². The Labute approximate surface area is 211 Å². The average molecular weight is 508 g/mol. The molecule has 4 rings (SSSR count). The van der Waals surface area contributed by atoms with E-state index in [1.165, 1.54) is 4.90 Å². The molecule has 1 N–H and O–H groups in total. The van der Waals surface area contributed by atoms with Crippen LogP contribution in [0.4, 0.5) is 5.69 Å². The standard InChI is InChI=1S/C27H29N3O5S/c1-36(33,34)29(18-22-12-6-3-7-13-22)20-26(31)30-19-25(35-24-15-9-8-14-23(24)30)27(32)28-17-16-21-10-4-2-5-11-21/h2-15,25H,16-20H2,1H3,(H,28,32)/t25-/m0/s1. The van der Waals surface area contributed by atoms with E-state index in [0.717, 1.165) is 21.7 Å². The molecule has 0 saturated heterocycles. The van der Waals surface area contributed by atoms with Crippen molar-refractivity contribution in [3.05, 3.63) is 96.1 Å². The van der Waals surface area contributed by atoms with Crippen molar-refractivity contribution in [2.75, 3.05) is 30.8 Å². The zero-order valence-electron chi connectivity index (χ0n) is 20.0. The lowest BCUT2D eigenvalue weighted by molar-refractivity contribution is -0.128. The number of benzene rings is 3. The molecule has 1 atom stereocenters. The van der Waals surface area contributed by atoms with Gasteiger partial charge in [0.25, 0.3) is 5.91 Å². The maximum absolute atomic E-state index is 13.4. The van der Waals surface area contributed by atoms with E-state index >= 15 is 0 Å². The fourth-order valence-electron chi connectivity index (χ4n) is 4.01. The number of nitrogens with one attached hydrogen (secondary N) is 1. The first-order valence-electron chi connectivity index (χ1n) is 11.7. The second-order valence-electron chi connectivity index (χ2n) is 8.62. The van der Waals surface area contributed by atoms with Crippen molar-refractivity contribution in [1.82, 2.24) is 9.62 Å². The van der Waals surface area contributed by atoms with Crippen LogP contribution in [0.3, 0.4) is 0 Å². The second kappa shape index (κ2) is 11.4. The van der Waals surface area contributed by atoms with Gasteiger partial charge in [0.1, 0.15) is 5.75 Å². The number of carbonyl (C=O) groups is 2. The Morgan fingerprint density at radius 1 is 0.944 bits per heavy atom. The molecule has 36 heavy (non-hydrogen) atoms. The molecule has 0 fully saturated rings. The quantitative estimate of drug-likeness (QED) is 0.480. The number of amides is 2. The molecule has 0 aliphatic carbocycles. The summed E-state index contributed by atoms with van der Waals surface area (Å²) in [6.45, 7) is 0.123. The Balaban J connectivity index is 1.47. The SMILES string of the molecule is CS(=O)(=O)N(CC(=O)N1C[C@@H](C(=O)NCCc2ccccc2)Oc2ccccc21)Cc1ccccc1. The average Bonchev–Trinajstić information content (AvgIpc) is 2.88. The van der Waals surface area contributed by atoms with E-state index in [0.29, 0.717) is 24.4 Å². The zero-order valence-corrected chi connectivity index (χ0v) is 20.9. The van der Waals surface area contributed by atoms with Gasteiger partial charge in [0, 0.05) is 13.1 Å². The van der Waals surface area contributed by atoms with Crippen molar-refractivity contribution in [2.45, 2.75) is 19.1 Å². The lowest BCUT2D eigenvalue weighted by Crippen LogP contribution is -2.53. The molecule has 3 aromatic rings. The van der Waals surface area contributed by atoms with Crippen molar-refractivity contribution in [1.29, 1.82) is 0 Å². The van der Waals surface area contributed by atoms with Gasteiger partial charge in [0.2, 0.25) is 15.9 Å². The molecule has 1 aliphatic rings. The summed E-state index contributed by atoms with van der Waals surface area (Å²) >= 11 is 0. The van der Waals surface area contributed by atoms with Crippen LogP contribution < -0.4 is 15.0 Å². The molecule has 1 heterocycles. The first-order valence-corrected chi connectivity index (χ1v) is 13.5. The number of carbonyl (C=O) groups excluding carboxylic acids is 2. The molecule has 1 aliphatic heterocycles. The first kappa shape index (κ1) is 25.4. The number of sulfonamides is 1. The second-order valence-corrected chi connectivity index (χ2v) is 10.6. The van der Waals surface area contributed by atoms with Crippen molar-refractivity contribution >= 4 is 27.5 Å². The zero-order chi connectivity index (χ0) is 25.5. The lowest BCUT2D eigenvalue weighted by atomic mass is 10.1. The Morgan fingerprint density at radius 3 is 2.22 bits per heavy atom. The van der Waals surface area contributed by atoms with Crippen molar-refractivity contribution < 1.29 is 22.7 Å². The number of ether oxygens (including phenoxy) is 1. The van der Waals surface area contributed by atoms with E-state index in [9.17, 15) is 18.0 Å². The van der Waals surface area contributed by atoms with Gasteiger partial charge in [0.05, 0.1) is 25.0 Å². The van der Waals surface area contributed by atoms with Crippen LogP contribution in [0.1, 0.15) is 11.1 Å². The largest absolute Gasteiger partial charge is 0.477 e. The highest BCUT2D eigenvalue weighted by Crippen LogP contribution is 2.33. The number of anilines is 1. The Morgan fingerprint density at radius 2 is 1.56 bits per heavy atom. The van der Waals surface area contributed by atoms with E-state index in [1.54, 1.807) is 24.3 Å². The van der Waals surface area contributed by atoms with E-state index < -0.39 is 22.0 Å². The van der Waals surface area contributed by atoms with Crippen molar-refractivity contribution in [3.63, 3.8) is 0 Å². The molecule has 0 bridgehead atoms. The van der Waals surface area contributed by atoms with Gasteiger partial charge in [-0.15, -0.1) is 0 Å². The molecule has 0 radical (unpaired) electrons. The van der Waals surface area contributed by atoms with Gasteiger partial charge >= 0.3 is 0 Å². The van der Waals surface area contributed by atoms with Crippen LogP contribution in [-0.2, 0) is 32.6 Å². The lowest BCUT2D eigenvalue weighted by Gasteiger charge is -2.35. The number of hydrogen-bond donors (Lipinski definition) is 1. The Kier molecular flexibility index (Phi) is 8.02. The topological polar surface area (TPSA) is 96.0 Å². The molecule has 2 amide bonds. The smallest absolute Gasteiger partial charge is 0.262 e. The van der Waals surface area contributed by atoms with Crippen LogP contribution in [0.2, 0.25) is 0 Å². The van der Waals surface area contributed by atoms with Crippen LogP contribution in [0.15, 0.2) is 84.9 Å². The highest BCUT2D eigenvalue weighted by Gasteiger charge is 2.35. The van der Waals surface area contributed by atoms with Crippen molar-refractivity contribution in [2.24, 2.45) is 0 Å². The summed E-state index contributed by atoms with van der Waals surface area (Å²) in [6, 6.07) is 25.8. The van der Waals surface area contributed by atoms with Crippen LogP contribution in [0.5, 0.6) is 5.75 Å². The predicted octanol–water partition coefficient (Wildman–Crippen LogP) is 2.60. The number of rotatable bonds is 9. The minimum absolute atomic E-state index is 0.0179. The van der Waals surface area contributed by atoms with E-state index in [1.807, 2.05) is 60.7 Å². The molecular weight excluding hydrogens is 478 g/mol. The number of hydrogen-bond acceptors (Lipinski definition) is 5. The summed E-state index contributed by atoms with van der Waals surface area (Å²) < 4.78 is 32.0. The van der Waals surface area contributed by atoms with Gasteiger partial charge < -0.3 is 15.0 Å². The van der Waals surface area contributed by atoms with Crippen LogP contribution in [0.25, 0.3) is 0 Å². The fraction of sp³-hybridized carbons (Fsp3) is 0.259. The molecule has 0 unspecified atom stereocenters. The number of para-hydroxylation sites is 2. The molecule has 0 saturated carbocycles. The summed E-state index contributed by atoms with van der Waals surface area (Å²) in [4.78, 5) is 27.8. The van der Waals surface area contributed by atoms with Gasteiger partial charge in [-0.05, 0) is 29.7 Å². The van der Waals surface area contributed by atoms with Gasteiger partial charge in [-0.3, -0.25) is 9.59 Å². The Hall–Kier alpha value is -3.69. The van der Waals surface area contributed by atoms with Crippen LogP contribution in [-0.4, -0.2) is 56.5 Å². The maximum Gasteiger partial charge on any atom is 0.262 e. The highest BCUT2D eigenvalue weighted by molar-refractivity contribution is 7.88. The Bertz CT molecular complexity index is 1300. The number of fused-ring (bicyclic) bond motifs is 1. The van der Waals surface area contributed by atoms with Gasteiger partial charge in [-0.1, -0.05) is 72.8 Å². The predicted molar refractivity (Wildman–Crippen MR) is 138 cm³/mol. The normalized spacial score (nSPS) is 15.2. The molecular formula is C27H29N3O5S. The number of nitrogens with zero attached hydrogens (tertiary/aromatic N) is 2. The summed E-state index contributed by atoms with van der Waals surface area (Å²) in [5, 5.41) is 2.88. The van der Waals surface area contributed by atoms with Crippen LogP contribution >= 0.6 is 0 Å². The summed E-state index contributed by atoms with van der Waals surface area (Å²) in [7, 11) is -3.67.